The van der Waals surface area contributed by atoms with Crippen molar-refractivity contribution in [1.29, 1.82) is 0 Å². The number of hydrogen-bond donors (Lipinski definition) is 2. The fraction of sp³-hybridized carbons (Fsp3) is 0.875. The molecule has 0 aromatic rings. The van der Waals surface area contributed by atoms with E-state index >= 15 is 0 Å². The molecule has 2 N–H and O–H groups in total. The predicted octanol–water partition coefficient (Wildman–Crippen LogP) is 2.85. The molecule has 120 valence electrons. The highest BCUT2D eigenvalue weighted by atomic mass is 16.4. The molecule has 1 heterocycles. The monoisotopic (exact) mass is 296 g/mol. The molecule has 0 aromatic heterocycles. The van der Waals surface area contributed by atoms with E-state index in [-0.39, 0.29) is 12.6 Å². The number of urea groups is 1. The maximum atomic E-state index is 12.2. The van der Waals surface area contributed by atoms with Crippen molar-refractivity contribution >= 4 is 12.0 Å². The summed E-state index contributed by atoms with van der Waals surface area (Å²) in [5.74, 6) is -0.766. The van der Waals surface area contributed by atoms with E-state index in [1.54, 1.807) is 0 Å². The van der Waals surface area contributed by atoms with Gasteiger partial charge in [-0.15, -0.1) is 0 Å². The summed E-state index contributed by atoms with van der Waals surface area (Å²) in [5, 5.41) is 12.3. The van der Waals surface area contributed by atoms with Gasteiger partial charge in [0, 0.05) is 19.6 Å². The van der Waals surface area contributed by atoms with Crippen molar-refractivity contribution in [3.05, 3.63) is 0 Å². The van der Waals surface area contributed by atoms with Crippen LogP contribution in [0.15, 0.2) is 0 Å². The second-order valence-electron chi connectivity index (χ2n) is 7.10. The molecule has 0 unspecified atom stereocenters. The molecule has 0 atom stereocenters. The number of piperidine rings is 1. The van der Waals surface area contributed by atoms with Gasteiger partial charge in [0.15, 0.2) is 0 Å². The largest absolute Gasteiger partial charge is 0.481 e. The van der Waals surface area contributed by atoms with Crippen molar-refractivity contribution in [1.82, 2.24) is 10.2 Å². The van der Waals surface area contributed by atoms with Gasteiger partial charge in [0.25, 0.3) is 0 Å². The lowest BCUT2D eigenvalue weighted by molar-refractivity contribution is -0.148. The second-order valence-corrected chi connectivity index (χ2v) is 7.10. The van der Waals surface area contributed by atoms with E-state index in [1.807, 2.05) is 4.90 Å². The molecular formula is C16H28N2O3. The summed E-state index contributed by atoms with van der Waals surface area (Å²) < 4.78 is 0. The smallest absolute Gasteiger partial charge is 0.317 e. The normalized spacial score (nSPS) is 23.8. The maximum Gasteiger partial charge on any atom is 0.317 e. The van der Waals surface area contributed by atoms with Gasteiger partial charge in [-0.25, -0.2) is 4.79 Å². The lowest BCUT2D eigenvalue weighted by Gasteiger charge is -2.39. The average Bonchev–Trinajstić information content (AvgIpc) is 2.96. The number of aliphatic carboxylic acids is 1. The van der Waals surface area contributed by atoms with Gasteiger partial charge in [0.1, 0.15) is 0 Å². The minimum atomic E-state index is -0.766. The highest BCUT2D eigenvalue weighted by molar-refractivity contribution is 5.78. The summed E-state index contributed by atoms with van der Waals surface area (Å²) in [6, 6.07) is -0.0966. The first kappa shape index (κ1) is 16.1. The van der Waals surface area contributed by atoms with E-state index in [4.69, 9.17) is 0 Å². The first-order valence-electron chi connectivity index (χ1n) is 8.17. The van der Waals surface area contributed by atoms with Gasteiger partial charge in [0.2, 0.25) is 0 Å². The highest BCUT2D eigenvalue weighted by Crippen LogP contribution is 2.38. The summed E-state index contributed by atoms with van der Waals surface area (Å²) in [7, 11) is 0. The van der Waals surface area contributed by atoms with Crippen LogP contribution in [0.25, 0.3) is 0 Å². The number of carbonyl (C=O) groups is 2. The zero-order chi connectivity index (χ0) is 15.5. The third-order valence-corrected chi connectivity index (χ3v) is 5.70. The van der Waals surface area contributed by atoms with Crippen LogP contribution >= 0.6 is 0 Å². The van der Waals surface area contributed by atoms with Crippen molar-refractivity contribution in [2.75, 3.05) is 19.6 Å². The summed E-state index contributed by atoms with van der Waals surface area (Å²) >= 11 is 0. The molecule has 0 bridgehead atoms. The second kappa shape index (κ2) is 6.24. The number of rotatable bonds is 4. The molecule has 1 aliphatic carbocycles. The minimum absolute atomic E-state index is 0.0966. The lowest BCUT2D eigenvalue weighted by Crippen LogP contribution is -2.50. The van der Waals surface area contributed by atoms with Crippen molar-refractivity contribution in [2.24, 2.45) is 10.8 Å². The standard InChI is InChI=1S/C16H28N2O3/c1-3-15(2)8-10-18(11-9-15)14(21)17-12-16(13(19)20)6-4-5-7-16/h3-12H2,1-2H3,(H,17,21)(H,19,20). The van der Waals surface area contributed by atoms with E-state index < -0.39 is 11.4 Å². The van der Waals surface area contributed by atoms with E-state index in [0.29, 0.717) is 18.3 Å². The van der Waals surface area contributed by atoms with Crippen molar-refractivity contribution < 1.29 is 14.7 Å². The molecule has 2 rings (SSSR count). The first-order valence-corrected chi connectivity index (χ1v) is 8.17. The van der Waals surface area contributed by atoms with Crippen LogP contribution in [0.3, 0.4) is 0 Å². The first-order chi connectivity index (χ1) is 9.91. The maximum absolute atomic E-state index is 12.2. The zero-order valence-corrected chi connectivity index (χ0v) is 13.3. The topological polar surface area (TPSA) is 69.6 Å². The molecule has 2 amide bonds. The summed E-state index contributed by atoms with van der Waals surface area (Å²) in [6.07, 6.45) is 6.45. The number of nitrogens with zero attached hydrogens (tertiary/aromatic N) is 1. The fourth-order valence-electron chi connectivity index (χ4n) is 3.48. The molecule has 21 heavy (non-hydrogen) atoms. The number of hydrogen-bond acceptors (Lipinski definition) is 2. The molecule has 0 radical (unpaired) electrons. The van der Waals surface area contributed by atoms with Crippen LogP contribution in [-0.2, 0) is 4.79 Å². The van der Waals surface area contributed by atoms with Gasteiger partial charge in [-0.3, -0.25) is 4.79 Å². The molecule has 1 saturated heterocycles. The third-order valence-electron chi connectivity index (χ3n) is 5.70. The van der Waals surface area contributed by atoms with Crippen LogP contribution in [0.2, 0.25) is 0 Å². The van der Waals surface area contributed by atoms with E-state index in [1.165, 1.54) is 0 Å². The Morgan fingerprint density at radius 3 is 2.19 bits per heavy atom. The Bertz CT molecular complexity index is 394. The molecule has 5 heteroatoms. The van der Waals surface area contributed by atoms with Gasteiger partial charge < -0.3 is 15.3 Å². The van der Waals surface area contributed by atoms with Gasteiger partial charge >= 0.3 is 12.0 Å². The van der Waals surface area contributed by atoms with Crippen LogP contribution < -0.4 is 5.32 Å². The van der Waals surface area contributed by atoms with Gasteiger partial charge in [-0.05, 0) is 31.1 Å². The number of amides is 2. The Morgan fingerprint density at radius 1 is 1.14 bits per heavy atom. The Morgan fingerprint density at radius 2 is 1.71 bits per heavy atom. The van der Waals surface area contributed by atoms with Crippen LogP contribution in [0.1, 0.15) is 58.8 Å². The molecule has 0 aromatic carbocycles. The van der Waals surface area contributed by atoms with Gasteiger partial charge in [0.05, 0.1) is 5.41 Å². The molecule has 1 aliphatic heterocycles. The van der Waals surface area contributed by atoms with E-state index in [9.17, 15) is 14.7 Å². The molecule has 2 fully saturated rings. The lowest BCUT2D eigenvalue weighted by atomic mass is 9.78. The molecule has 1 saturated carbocycles. The van der Waals surface area contributed by atoms with Crippen LogP contribution in [0.4, 0.5) is 4.79 Å². The van der Waals surface area contributed by atoms with Crippen molar-refractivity contribution in [2.45, 2.75) is 58.8 Å². The van der Waals surface area contributed by atoms with Gasteiger partial charge in [-0.2, -0.15) is 0 Å². The average molecular weight is 296 g/mol. The number of carboxylic acids is 1. The summed E-state index contributed by atoms with van der Waals surface area (Å²) in [6.45, 7) is 6.29. The number of carbonyl (C=O) groups excluding carboxylic acids is 1. The minimum Gasteiger partial charge on any atom is -0.481 e. The number of carboxylic acid groups (broad SMARTS) is 1. The Hall–Kier alpha value is -1.26. The van der Waals surface area contributed by atoms with Crippen LogP contribution in [0, 0.1) is 10.8 Å². The molecule has 5 nitrogen and oxygen atoms in total. The Labute approximate surface area is 127 Å². The van der Waals surface area contributed by atoms with E-state index in [0.717, 1.165) is 45.2 Å². The zero-order valence-electron chi connectivity index (χ0n) is 13.3. The summed E-state index contributed by atoms with van der Waals surface area (Å²) in [5.41, 5.74) is -0.381. The van der Waals surface area contributed by atoms with Crippen LogP contribution in [-0.4, -0.2) is 41.6 Å². The molecular weight excluding hydrogens is 268 g/mol. The number of likely N-dealkylation sites (tertiary alicyclic amines) is 1. The van der Waals surface area contributed by atoms with Crippen molar-refractivity contribution in [3.8, 4) is 0 Å². The summed E-state index contributed by atoms with van der Waals surface area (Å²) in [4.78, 5) is 25.5. The van der Waals surface area contributed by atoms with Gasteiger partial charge in [-0.1, -0.05) is 33.1 Å². The molecule has 2 aliphatic rings. The fourth-order valence-corrected chi connectivity index (χ4v) is 3.48. The Balaban J connectivity index is 1.84. The van der Waals surface area contributed by atoms with Crippen LogP contribution in [0.5, 0.6) is 0 Å². The number of nitrogens with one attached hydrogen (secondary N) is 1. The molecule has 0 spiro atoms. The third kappa shape index (κ3) is 3.50. The quantitative estimate of drug-likeness (QED) is 0.838. The predicted molar refractivity (Wildman–Crippen MR) is 81.1 cm³/mol. The Kier molecular flexibility index (Phi) is 4.79. The highest BCUT2D eigenvalue weighted by Gasteiger charge is 2.42. The van der Waals surface area contributed by atoms with E-state index in [2.05, 4.69) is 19.2 Å². The SMILES string of the molecule is CCC1(C)CCN(C(=O)NCC2(C(=O)O)CCCC2)CC1. The van der Waals surface area contributed by atoms with Crippen molar-refractivity contribution in [3.63, 3.8) is 0 Å².